The van der Waals surface area contributed by atoms with Gasteiger partial charge >= 0.3 is 6.09 Å². The molecule has 0 aliphatic rings. The Balaban J connectivity index is 3.39. The van der Waals surface area contributed by atoms with Crippen molar-refractivity contribution in [2.75, 3.05) is 13.1 Å². The molecule has 2 unspecified atom stereocenters. The van der Waals surface area contributed by atoms with Crippen molar-refractivity contribution in [1.82, 2.24) is 15.5 Å². The van der Waals surface area contributed by atoms with Crippen LogP contribution in [0.2, 0.25) is 0 Å². The molecule has 1 aromatic rings. The molecule has 0 fully saturated rings. The van der Waals surface area contributed by atoms with Crippen LogP contribution in [0.15, 0.2) is 36.9 Å². The van der Waals surface area contributed by atoms with Crippen LogP contribution in [-0.4, -0.2) is 53.4 Å². The number of hydrogen-bond acceptors (Lipinski definition) is 5. The van der Waals surface area contributed by atoms with Gasteiger partial charge in [0, 0.05) is 19.5 Å². The summed E-state index contributed by atoms with van der Waals surface area (Å²) in [6.45, 7) is 13.5. The SMILES string of the molecule is C=CCN(C(=O)C(CCC(N)=O)NC(=O)OC(C)(C)C)C(C(=O)NCCCCC)c1ccc(CC)cc1. The topological polar surface area (TPSA) is 131 Å². The number of ether oxygens (including phenoxy) is 1. The molecule has 1 aromatic carbocycles. The number of amides is 4. The van der Waals surface area contributed by atoms with Gasteiger partial charge < -0.3 is 26.0 Å². The molecule has 0 aliphatic heterocycles. The molecule has 206 valence electrons. The molecule has 0 spiro atoms. The van der Waals surface area contributed by atoms with E-state index in [2.05, 4.69) is 24.1 Å². The molecule has 0 radical (unpaired) electrons. The molecule has 0 aromatic heterocycles. The molecule has 0 aliphatic carbocycles. The van der Waals surface area contributed by atoms with Crippen LogP contribution >= 0.6 is 0 Å². The van der Waals surface area contributed by atoms with Crippen molar-refractivity contribution in [3.8, 4) is 0 Å². The van der Waals surface area contributed by atoms with Crippen LogP contribution in [0.5, 0.6) is 0 Å². The molecular formula is C28H44N4O5. The smallest absolute Gasteiger partial charge is 0.408 e. The van der Waals surface area contributed by atoms with Crippen molar-refractivity contribution < 1.29 is 23.9 Å². The third-order valence-electron chi connectivity index (χ3n) is 5.62. The Bertz CT molecular complexity index is 908. The number of rotatable bonds is 15. The van der Waals surface area contributed by atoms with Crippen LogP contribution in [-0.2, 0) is 25.5 Å². The molecule has 0 saturated carbocycles. The number of aryl methyl sites for hydroxylation is 1. The van der Waals surface area contributed by atoms with Gasteiger partial charge in [0.1, 0.15) is 17.7 Å². The van der Waals surface area contributed by atoms with Crippen molar-refractivity contribution in [3.05, 3.63) is 48.0 Å². The van der Waals surface area contributed by atoms with Gasteiger partial charge in [-0.15, -0.1) is 6.58 Å². The number of nitrogens with two attached hydrogens (primary N) is 1. The lowest BCUT2D eigenvalue weighted by atomic mass is 9.99. The van der Waals surface area contributed by atoms with Gasteiger partial charge in [0.2, 0.25) is 17.7 Å². The summed E-state index contributed by atoms with van der Waals surface area (Å²) in [4.78, 5) is 52.7. The minimum atomic E-state index is -1.13. The zero-order chi connectivity index (χ0) is 28.0. The highest BCUT2D eigenvalue weighted by atomic mass is 16.6. The second-order valence-corrected chi connectivity index (χ2v) is 9.98. The van der Waals surface area contributed by atoms with Gasteiger partial charge in [-0.3, -0.25) is 14.4 Å². The van der Waals surface area contributed by atoms with Crippen molar-refractivity contribution >= 4 is 23.8 Å². The first kappa shape index (κ1) is 31.7. The summed E-state index contributed by atoms with van der Waals surface area (Å²) >= 11 is 0. The number of carbonyl (C=O) groups is 4. The fraction of sp³-hybridized carbons (Fsp3) is 0.571. The van der Waals surface area contributed by atoms with Crippen LogP contribution in [0.3, 0.4) is 0 Å². The molecule has 4 amide bonds. The van der Waals surface area contributed by atoms with Crippen molar-refractivity contribution in [2.45, 2.75) is 90.8 Å². The maximum Gasteiger partial charge on any atom is 0.408 e. The number of primary amides is 1. The van der Waals surface area contributed by atoms with E-state index in [1.807, 2.05) is 31.2 Å². The highest BCUT2D eigenvalue weighted by molar-refractivity contribution is 5.92. The Morgan fingerprint density at radius 2 is 1.76 bits per heavy atom. The molecule has 9 nitrogen and oxygen atoms in total. The minimum absolute atomic E-state index is 0.0410. The van der Waals surface area contributed by atoms with Crippen LogP contribution in [0, 0.1) is 0 Å². The summed E-state index contributed by atoms with van der Waals surface area (Å²) in [5.41, 5.74) is 6.26. The largest absolute Gasteiger partial charge is 0.444 e. The van der Waals surface area contributed by atoms with E-state index >= 15 is 0 Å². The van der Waals surface area contributed by atoms with Gasteiger partial charge in [-0.25, -0.2) is 4.79 Å². The van der Waals surface area contributed by atoms with E-state index in [0.717, 1.165) is 31.2 Å². The Morgan fingerprint density at radius 3 is 2.27 bits per heavy atom. The Kier molecular flexibility index (Phi) is 13.4. The molecule has 1 rings (SSSR count). The predicted octanol–water partition coefficient (Wildman–Crippen LogP) is 3.77. The maximum absolute atomic E-state index is 13.8. The summed E-state index contributed by atoms with van der Waals surface area (Å²) in [7, 11) is 0. The molecule has 2 atom stereocenters. The van der Waals surface area contributed by atoms with E-state index in [-0.39, 0.29) is 25.3 Å². The standard InChI is InChI=1S/C28H44N4O5/c1-7-10-11-18-30-25(34)24(21-14-12-20(9-3)13-15-21)32(19-8-2)26(35)22(16-17-23(29)33)31-27(36)37-28(4,5)6/h8,12-15,22,24H,2,7,9-11,16-19H2,1,3-6H3,(H2,29,33)(H,30,34)(H,31,36). The summed E-state index contributed by atoms with van der Waals surface area (Å²) < 4.78 is 5.32. The predicted molar refractivity (Wildman–Crippen MR) is 145 cm³/mol. The summed E-state index contributed by atoms with van der Waals surface area (Å²) in [6, 6.07) is 5.41. The van der Waals surface area contributed by atoms with Crippen molar-refractivity contribution in [3.63, 3.8) is 0 Å². The van der Waals surface area contributed by atoms with E-state index < -0.39 is 35.6 Å². The van der Waals surface area contributed by atoms with Gasteiger partial charge in [0.05, 0.1) is 0 Å². The number of nitrogens with zero attached hydrogens (tertiary/aromatic N) is 1. The van der Waals surface area contributed by atoms with Gasteiger partial charge in [-0.05, 0) is 51.2 Å². The van der Waals surface area contributed by atoms with E-state index in [9.17, 15) is 19.2 Å². The number of carbonyl (C=O) groups excluding carboxylic acids is 4. The quantitative estimate of drug-likeness (QED) is 0.241. The zero-order valence-corrected chi connectivity index (χ0v) is 23.0. The fourth-order valence-corrected chi connectivity index (χ4v) is 3.75. The lowest BCUT2D eigenvalue weighted by Crippen LogP contribution is -2.53. The fourth-order valence-electron chi connectivity index (χ4n) is 3.75. The summed E-state index contributed by atoms with van der Waals surface area (Å²) in [5.74, 6) is -1.49. The monoisotopic (exact) mass is 516 g/mol. The third-order valence-corrected chi connectivity index (χ3v) is 5.62. The van der Waals surface area contributed by atoms with Crippen LogP contribution in [0.1, 0.15) is 83.9 Å². The second kappa shape index (κ2) is 15.7. The number of nitrogens with one attached hydrogen (secondary N) is 2. The second-order valence-electron chi connectivity index (χ2n) is 9.98. The number of alkyl carbamates (subject to hydrolysis) is 1. The highest BCUT2D eigenvalue weighted by Crippen LogP contribution is 2.24. The lowest BCUT2D eigenvalue weighted by Gasteiger charge is -2.34. The van der Waals surface area contributed by atoms with Gasteiger partial charge in [-0.2, -0.15) is 0 Å². The van der Waals surface area contributed by atoms with Gasteiger partial charge in [0.25, 0.3) is 0 Å². The van der Waals surface area contributed by atoms with E-state index in [4.69, 9.17) is 10.5 Å². The normalized spacial score (nSPS) is 12.7. The van der Waals surface area contributed by atoms with Gasteiger partial charge in [-0.1, -0.05) is 57.0 Å². The molecule has 37 heavy (non-hydrogen) atoms. The molecule has 4 N–H and O–H groups in total. The Hall–Kier alpha value is -3.36. The number of hydrogen-bond donors (Lipinski definition) is 3. The first-order valence-corrected chi connectivity index (χ1v) is 13.0. The third kappa shape index (κ3) is 11.5. The average molecular weight is 517 g/mol. The van der Waals surface area contributed by atoms with Crippen molar-refractivity contribution in [1.29, 1.82) is 0 Å². The average Bonchev–Trinajstić information content (AvgIpc) is 2.82. The Labute approximate surface area is 221 Å². The zero-order valence-electron chi connectivity index (χ0n) is 23.0. The molecular weight excluding hydrogens is 472 g/mol. The first-order valence-electron chi connectivity index (χ1n) is 13.0. The number of benzene rings is 1. The van der Waals surface area contributed by atoms with E-state index in [0.29, 0.717) is 12.1 Å². The Morgan fingerprint density at radius 1 is 1.11 bits per heavy atom. The number of unbranched alkanes of at least 4 members (excludes halogenated alkanes) is 2. The minimum Gasteiger partial charge on any atom is -0.444 e. The molecule has 9 heteroatoms. The van der Waals surface area contributed by atoms with Crippen LogP contribution in [0.25, 0.3) is 0 Å². The summed E-state index contributed by atoms with van der Waals surface area (Å²) in [5, 5.41) is 5.51. The lowest BCUT2D eigenvalue weighted by molar-refractivity contribution is -0.142. The maximum atomic E-state index is 13.8. The molecule has 0 heterocycles. The van der Waals surface area contributed by atoms with E-state index in [1.165, 1.54) is 11.0 Å². The van der Waals surface area contributed by atoms with E-state index in [1.54, 1.807) is 20.8 Å². The highest BCUT2D eigenvalue weighted by Gasteiger charge is 2.35. The van der Waals surface area contributed by atoms with Crippen LogP contribution < -0.4 is 16.4 Å². The van der Waals surface area contributed by atoms with Crippen LogP contribution in [0.4, 0.5) is 4.79 Å². The molecule has 0 bridgehead atoms. The summed E-state index contributed by atoms with van der Waals surface area (Å²) in [6.07, 6.45) is 4.18. The van der Waals surface area contributed by atoms with Gasteiger partial charge in [0.15, 0.2) is 0 Å². The molecule has 0 saturated heterocycles. The van der Waals surface area contributed by atoms with Crippen molar-refractivity contribution in [2.24, 2.45) is 5.73 Å². The first-order chi connectivity index (χ1) is 17.4.